The van der Waals surface area contributed by atoms with Crippen molar-refractivity contribution in [2.75, 3.05) is 20.2 Å². The summed E-state index contributed by atoms with van der Waals surface area (Å²) in [5, 5.41) is 0. The van der Waals surface area contributed by atoms with Crippen molar-refractivity contribution in [2.24, 2.45) is 11.7 Å². The molecule has 0 bridgehead atoms. The Hall–Kier alpha value is -1.10. The number of esters is 1. The number of ether oxygens (including phenoxy) is 1. The van der Waals surface area contributed by atoms with E-state index in [2.05, 4.69) is 6.92 Å². The van der Waals surface area contributed by atoms with Crippen LogP contribution in [0.2, 0.25) is 0 Å². The summed E-state index contributed by atoms with van der Waals surface area (Å²) >= 11 is 0. The van der Waals surface area contributed by atoms with Gasteiger partial charge in [0.25, 0.3) is 0 Å². The number of hydrogen-bond donors (Lipinski definition) is 1. The topological polar surface area (TPSA) is 72.6 Å². The lowest BCUT2D eigenvalue weighted by Gasteiger charge is -2.28. The smallest absolute Gasteiger partial charge is 0.306 e. The summed E-state index contributed by atoms with van der Waals surface area (Å²) in [7, 11) is 1.88. The molecule has 2 unspecified atom stereocenters. The van der Waals surface area contributed by atoms with Crippen molar-refractivity contribution >= 4 is 11.9 Å². The Morgan fingerprint density at radius 3 is 2.32 bits per heavy atom. The number of rotatable bonds is 10. The normalized spacial score (nSPS) is 14.2. The van der Waals surface area contributed by atoms with Crippen molar-refractivity contribution in [1.29, 1.82) is 0 Å². The van der Waals surface area contributed by atoms with Crippen molar-refractivity contribution in [3.63, 3.8) is 0 Å². The molecule has 0 aliphatic heterocycles. The second-order valence-corrected chi connectivity index (χ2v) is 4.93. The fourth-order valence-electron chi connectivity index (χ4n) is 2.39. The Kier molecular flexibility index (Phi) is 9.21. The van der Waals surface area contributed by atoms with Gasteiger partial charge in [-0.15, -0.1) is 0 Å². The Morgan fingerprint density at radius 1 is 1.26 bits per heavy atom. The third-order valence-corrected chi connectivity index (χ3v) is 3.25. The lowest BCUT2D eigenvalue weighted by atomic mass is 9.98. The Labute approximate surface area is 116 Å². The van der Waals surface area contributed by atoms with Gasteiger partial charge in [-0.2, -0.15) is 0 Å². The first-order valence-corrected chi connectivity index (χ1v) is 7.11. The molecule has 0 spiro atoms. The van der Waals surface area contributed by atoms with Crippen LogP contribution in [0, 0.1) is 5.92 Å². The minimum Gasteiger partial charge on any atom is -0.466 e. The molecule has 1 amide bonds. The molecule has 0 saturated heterocycles. The van der Waals surface area contributed by atoms with E-state index in [1.807, 2.05) is 18.9 Å². The maximum atomic E-state index is 11.6. The number of primary amides is 1. The summed E-state index contributed by atoms with van der Waals surface area (Å²) in [5.74, 6) is -0.264. The molecule has 0 aromatic rings. The first-order valence-electron chi connectivity index (χ1n) is 7.11. The van der Waals surface area contributed by atoms with Crippen molar-refractivity contribution in [3.05, 3.63) is 0 Å². The molecule has 0 aromatic carbocycles. The largest absolute Gasteiger partial charge is 0.466 e. The van der Waals surface area contributed by atoms with Crippen LogP contribution in [0.15, 0.2) is 0 Å². The van der Waals surface area contributed by atoms with Crippen molar-refractivity contribution in [3.8, 4) is 0 Å². The Balaban J connectivity index is 4.46. The maximum absolute atomic E-state index is 11.6. The Bertz CT molecular complexity index is 282. The van der Waals surface area contributed by atoms with Gasteiger partial charge in [0.05, 0.1) is 12.6 Å². The van der Waals surface area contributed by atoms with Gasteiger partial charge in [-0.3, -0.25) is 14.5 Å². The van der Waals surface area contributed by atoms with Gasteiger partial charge in [-0.25, -0.2) is 0 Å². The van der Waals surface area contributed by atoms with Crippen LogP contribution in [-0.4, -0.2) is 43.0 Å². The van der Waals surface area contributed by atoms with Crippen LogP contribution in [0.4, 0.5) is 0 Å². The van der Waals surface area contributed by atoms with E-state index in [9.17, 15) is 9.59 Å². The van der Waals surface area contributed by atoms with Crippen LogP contribution < -0.4 is 5.73 Å². The molecular formula is C14H28N2O3. The zero-order valence-electron chi connectivity index (χ0n) is 12.6. The summed E-state index contributed by atoms with van der Waals surface area (Å²) < 4.78 is 4.99. The van der Waals surface area contributed by atoms with Gasteiger partial charge in [0.2, 0.25) is 5.91 Å². The van der Waals surface area contributed by atoms with E-state index in [4.69, 9.17) is 10.5 Å². The molecule has 0 rings (SSSR count). The fraction of sp³-hybridized carbons (Fsp3) is 0.857. The first-order chi connectivity index (χ1) is 8.96. The minimum atomic E-state index is -0.309. The number of carbonyl (C=O) groups is 2. The van der Waals surface area contributed by atoms with E-state index in [0.29, 0.717) is 26.0 Å². The monoisotopic (exact) mass is 272 g/mol. The molecule has 0 radical (unpaired) electrons. The van der Waals surface area contributed by atoms with Gasteiger partial charge in [0.1, 0.15) is 0 Å². The molecule has 0 aromatic heterocycles. The van der Waals surface area contributed by atoms with Crippen LogP contribution >= 0.6 is 0 Å². The summed E-state index contributed by atoms with van der Waals surface area (Å²) in [6.45, 7) is 6.93. The molecule has 0 fully saturated rings. The van der Waals surface area contributed by atoms with E-state index in [0.717, 1.165) is 12.8 Å². The highest BCUT2D eigenvalue weighted by atomic mass is 16.5. The van der Waals surface area contributed by atoms with Crippen LogP contribution in [-0.2, 0) is 14.3 Å². The fourth-order valence-corrected chi connectivity index (χ4v) is 2.39. The van der Waals surface area contributed by atoms with Crippen molar-refractivity contribution < 1.29 is 14.3 Å². The summed E-state index contributed by atoms with van der Waals surface area (Å²) in [6.07, 6.45) is 3.04. The van der Waals surface area contributed by atoms with E-state index in [1.54, 1.807) is 6.92 Å². The summed E-state index contributed by atoms with van der Waals surface area (Å²) in [5.41, 5.74) is 5.37. The Morgan fingerprint density at radius 2 is 1.89 bits per heavy atom. The van der Waals surface area contributed by atoms with Crippen LogP contribution in [0.1, 0.15) is 46.5 Å². The quantitative estimate of drug-likeness (QED) is 0.612. The number of amides is 1. The molecule has 19 heavy (non-hydrogen) atoms. The number of likely N-dealkylation sites (N-methyl/N-ethyl adjacent to an activating group) is 1. The lowest BCUT2D eigenvalue weighted by Crippen LogP contribution is -2.44. The third kappa shape index (κ3) is 7.15. The molecule has 5 heteroatoms. The summed E-state index contributed by atoms with van der Waals surface area (Å²) in [4.78, 5) is 24.8. The second kappa shape index (κ2) is 9.78. The maximum Gasteiger partial charge on any atom is 0.306 e. The van der Waals surface area contributed by atoms with Crippen molar-refractivity contribution in [2.45, 2.75) is 52.5 Å². The molecule has 112 valence electrons. The van der Waals surface area contributed by atoms with Crippen molar-refractivity contribution in [1.82, 2.24) is 4.90 Å². The highest BCUT2D eigenvalue weighted by molar-refractivity contribution is 5.79. The molecule has 5 nitrogen and oxygen atoms in total. The van der Waals surface area contributed by atoms with E-state index in [-0.39, 0.29) is 23.8 Å². The van der Waals surface area contributed by atoms with E-state index >= 15 is 0 Å². The van der Waals surface area contributed by atoms with Gasteiger partial charge in [0, 0.05) is 13.0 Å². The molecule has 0 saturated carbocycles. The molecule has 0 aliphatic carbocycles. The first kappa shape index (κ1) is 17.9. The second-order valence-electron chi connectivity index (χ2n) is 4.93. The van der Waals surface area contributed by atoms with E-state index in [1.165, 1.54) is 0 Å². The molecular weight excluding hydrogens is 244 g/mol. The molecule has 2 N–H and O–H groups in total. The third-order valence-electron chi connectivity index (χ3n) is 3.25. The number of hydrogen-bond acceptors (Lipinski definition) is 4. The van der Waals surface area contributed by atoms with Gasteiger partial charge < -0.3 is 10.5 Å². The highest BCUT2D eigenvalue weighted by Crippen LogP contribution is 2.15. The van der Waals surface area contributed by atoms with Gasteiger partial charge in [-0.1, -0.05) is 20.3 Å². The molecule has 2 atom stereocenters. The predicted molar refractivity (Wildman–Crippen MR) is 75.6 cm³/mol. The van der Waals surface area contributed by atoms with Gasteiger partial charge in [-0.05, 0) is 32.7 Å². The number of nitrogens with zero attached hydrogens (tertiary/aromatic N) is 1. The zero-order chi connectivity index (χ0) is 14.8. The van der Waals surface area contributed by atoms with Crippen LogP contribution in [0.5, 0.6) is 0 Å². The predicted octanol–water partition coefficient (Wildman–Crippen LogP) is 1.55. The molecule has 0 aliphatic rings. The van der Waals surface area contributed by atoms with Crippen LogP contribution in [0.25, 0.3) is 0 Å². The standard InChI is InChI=1S/C14H28N2O3/c1-5-8-11(9-13(17)19-7-3)10-16(4)12(6-2)14(15)18/h11-12H,5-10H2,1-4H3,(H2,15,18). The van der Waals surface area contributed by atoms with E-state index < -0.39 is 0 Å². The average Bonchev–Trinajstić information content (AvgIpc) is 2.29. The highest BCUT2D eigenvalue weighted by Gasteiger charge is 2.23. The number of carbonyl (C=O) groups excluding carboxylic acids is 2. The lowest BCUT2D eigenvalue weighted by molar-refractivity contribution is -0.144. The summed E-state index contributed by atoms with van der Waals surface area (Å²) in [6, 6.07) is -0.262. The van der Waals surface area contributed by atoms with Gasteiger partial charge in [0.15, 0.2) is 0 Å². The number of nitrogens with two attached hydrogens (primary N) is 1. The molecule has 0 heterocycles. The zero-order valence-corrected chi connectivity index (χ0v) is 12.6. The minimum absolute atomic E-state index is 0.165. The van der Waals surface area contributed by atoms with Crippen LogP contribution in [0.3, 0.4) is 0 Å². The van der Waals surface area contributed by atoms with Gasteiger partial charge >= 0.3 is 5.97 Å². The SMILES string of the molecule is CCCC(CC(=O)OCC)CN(C)C(CC)C(N)=O. The average molecular weight is 272 g/mol.